The number of amides is 4. The zero-order valence-corrected chi connectivity index (χ0v) is 23.3. The van der Waals surface area contributed by atoms with E-state index < -0.39 is 0 Å². The van der Waals surface area contributed by atoms with Crippen LogP contribution in [0.3, 0.4) is 0 Å². The van der Waals surface area contributed by atoms with Gasteiger partial charge in [0.15, 0.2) is 0 Å². The molecule has 0 radical (unpaired) electrons. The molecular formula is C30H37N7O4. The number of nitrogens with zero attached hydrogens (tertiary/aromatic N) is 5. The number of benzene rings is 2. The van der Waals surface area contributed by atoms with Crippen molar-refractivity contribution in [3.8, 4) is 6.07 Å². The third-order valence-electron chi connectivity index (χ3n) is 7.78. The molecule has 11 nitrogen and oxygen atoms in total. The van der Waals surface area contributed by atoms with Gasteiger partial charge in [-0.2, -0.15) is 5.26 Å². The lowest BCUT2D eigenvalue weighted by Gasteiger charge is -2.32. The van der Waals surface area contributed by atoms with Gasteiger partial charge in [0.05, 0.1) is 36.2 Å². The molecule has 2 aromatic rings. The average molecular weight is 560 g/mol. The van der Waals surface area contributed by atoms with Gasteiger partial charge < -0.3 is 35.0 Å². The molecule has 2 aromatic carbocycles. The van der Waals surface area contributed by atoms with E-state index in [0.717, 1.165) is 31.6 Å². The molecule has 0 aromatic heterocycles. The van der Waals surface area contributed by atoms with Gasteiger partial charge in [-0.25, -0.2) is 4.79 Å². The topological polar surface area (TPSA) is 121 Å². The minimum absolute atomic E-state index is 0.0392. The van der Waals surface area contributed by atoms with E-state index in [-0.39, 0.29) is 17.8 Å². The highest BCUT2D eigenvalue weighted by molar-refractivity contribution is 6.07. The number of rotatable bonds is 4. The Morgan fingerprint density at radius 1 is 0.780 bits per heavy atom. The molecule has 11 heteroatoms. The molecule has 0 unspecified atom stereocenters. The minimum atomic E-state index is -0.321. The van der Waals surface area contributed by atoms with E-state index in [9.17, 15) is 14.4 Å². The first-order valence-electron chi connectivity index (χ1n) is 14.4. The molecule has 3 aliphatic rings. The summed E-state index contributed by atoms with van der Waals surface area (Å²) in [4.78, 5) is 47.6. The first-order chi connectivity index (χ1) is 20.0. The molecule has 0 aliphatic carbocycles. The summed E-state index contributed by atoms with van der Waals surface area (Å²) in [5.74, 6) is -0.384. The Bertz CT molecular complexity index is 1280. The summed E-state index contributed by atoms with van der Waals surface area (Å²) in [5.41, 5.74) is 2.77. The molecule has 5 rings (SSSR count). The van der Waals surface area contributed by atoms with E-state index in [0.29, 0.717) is 87.9 Å². The molecule has 0 saturated carbocycles. The van der Waals surface area contributed by atoms with Crippen molar-refractivity contribution in [3.05, 3.63) is 59.2 Å². The first kappa shape index (κ1) is 28.4. The number of urea groups is 1. The Labute approximate surface area is 240 Å². The van der Waals surface area contributed by atoms with Crippen molar-refractivity contribution in [2.45, 2.75) is 12.8 Å². The predicted octanol–water partition coefficient (Wildman–Crippen LogP) is 2.21. The van der Waals surface area contributed by atoms with Gasteiger partial charge in [-0.3, -0.25) is 9.59 Å². The van der Waals surface area contributed by atoms with Crippen LogP contribution in [0.25, 0.3) is 0 Å². The molecule has 2 N–H and O–H groups in total. The Morgan fingerprint density at radius 2 is 1.51 bits per heavy atom. The van der Waals surface area contributed by atoms with Gasteiger partial charge in [-0.15, -0.1) is 0 Å². The third kappa shape index (κ3) is 6.96. The Balaban J connectivity index is 1.37. The van der Waals surface area contributed by atoms with Crippen LogP contribution in [0.1, 0.15) is 39.1 Å². The largest absolute Gasteiger partial charge is 0.378 e. The van der Waals surface area contributed by atoms with E-state index in [1.165, 1.54) is 0 Å². The number of nitrogens with one attached hydrogen (secondary N) is 2. The van der Waals surface area contributed by atoms with Crippen molar-refractivity contribution in [2.24, 2.45) is 0 Å². The van der Waals surface area contributed by atoms with Gasteiger partial charge in [0.2, 0.25) is 0 Å². The van der Waals surface area contributed by atoms with Crippen molar-refractivity contribution >= 4 is 29.2 Å². The fourth-order valence-electron chi connectivity index (χ4n) is 5.47. The van der Waals surface area contributed by atoms with Crippen LogP contribution in [0.4, 0.5) is 16.2 Å². The number of ether oxygens (including phenoxy) is 1. The monoisotopic (exact) mass is 559 g/mol. The molecule has 4 amide bonds. The fraction of sp³-hybridized carbons (Fsp3) is 0.467. The zero-order chi connectivity index (χ0) is 28.6. The highest BCUT2D eigenvalue weighted by Crippen LogP contribution is 2.30. The fourth-order valence-corrected chi connectivity index (χ4v) is 5.47. The lowest BCUT2D eigenvalue weighted by molar-refractivity contribution is 0.0438. The Kier molecular flexibility index (Phi) is 9.33. The quantitative estimate of drug-likeness (QED) is 0.589. The number of nitriles is 1. The van der Waals surface area contributed by atoms with E-state index in [1.54, 1.807) is 30.3 Å². The maximum atomic E-state index is 13.4. The van der Waals surface area contributed by atoms with Crippen molar-refractivity contribution < 1.29 is 19.1 Å². The lowest BCUT2D eigenvalue weighted by Crippen LogP contribution is -2.49. The molecule has 3 heterocycles. The van der Waals surface area contributed by atoms with E-state index in [4.69, 9.17) is 10.00 Å². The zero-order valence-electron chi connectivity index (χ0n) is 23.3. The minimum Gasteiger partial charge on any atom is -0.378 e. The van der Waals surface area contributed by atoms with Crippen molar-refractivity contribution in [1.29, 1.82) is 5.26 Å². The number of carbonyl (C=O) groups excluding carboxylic acids is 3. The first-order valence-corrected chi connectivity index (χ1v) is 14.4. The number of hydrogen-bond donors (Lipinski definition) is 2. The number of carbonyl (C=O) groups is 3. The summed E-state index contributed by atoms with van der Waals surface area (Å²) in [5, 5.41) is 15.5. The summed E-state index contributed by atoms with van der Waals surface area (Å²) >= 11 is 0. The second-order valence-corrected chi connectivity index (χ2v) is 10.5. The summed E-state index contributed by atoms with van der Waals surface area (Å²) in [7, 11) is 0. The molecule has 0 spiro atoms. The van der Waals surface area contributed by atoms with Gasteiger partial charge in [-0.1, -0.05) is 0 Å². The summed E-state index contributed by atoms with van der Waals surface area (Å²) in [6, 6.07) is 14.1. The number of hydrogen-bond acceptors (Lipinski definition) is 7. The molecule has 41 heavy (non-hydrogen) atoms. The molecule has 3 saturated heterocycles. The van der Waals surface area contributed by atoms with Gasteiger partial charge in [0, 0.05) is 70.0 Å². The number of morpholine rings is 1. The summed E-state index contributed by atoms with van der Waals surface area (Å²) < 4.78 is 5.40. The Hall–Kier alpha value is -4.14. The van der Waals surface area contributed by atoms with Crippen molar-refractivity contribution in [1.82, 2.24) is 20.0 Å². The van der Waals surface area contributed by atoms with Crippen LogP contribution in [-0.4, -0.2) is 111 Å². The van der Waals surface area contributed by atoms with Crippen molar-refractivity contribution in [3.63, 3.8) is 0 Å². The van der Waals surface area contributed by atoms with Gasteiger partial charge >= 0.3 is 6.03 Å². The molecule has 0 atom stereocenters. The highest BCUT2D eigenvalue weighted by atomic mass is 16.5. The standard InChI is InChI=1S/C30H37N7O4/c31-22-23-3-5-24(6-4-23)28(38)33-26-21-25(29(39)35-11-1-9-32-10-14-35)7-8-27(26)34-12-2-13-36(16-15-34)30(40)37-17-19-41-20-18-37/h3-8,21,32H,1-2,9-20H2,(H,33,38). The molecule has 216 valence electrons. The maximum absolute atomic E-state index is 13.4. The molecule has 3 aliphatic heterocycles. The lowest BCUT2D eigenvalue weighted by atomic mass is 10.1. The predicted molar refractivity (Wildman–Crippen MR) is 155 cm³/mol. The Morgan fingerprint density at radius 3 is 2.29 bits per heavy atom. The average Bonchev–Trinajstić information content (AvgIpc) is 3.45. The second-order valence-electron chi connectivity index (χ2n) is 10.5. The van der Waals surface area contributed by atoms with E-state index in [2.05, 4.69) is 21.6 Å². The number of anilines is 2. The second kappa shape index (κ2) is 13.5. The summed E-state index contributed by atoms with van der Waals surface area (Å²) in [6.07, 6.45) is 1.67. The normalized spacial score (nSPS) is 18.2. The summed E-state index contributed by atoms with van der Waals surface area (Å²) in [6.45, 7) is 7.79. The van der Waals surface area contributed by atoms with Gasteiger partial charge in [0.1, 0.15) is 0 Å². The third-order valence-corrected chi connectivity index (χ3v) is 7.78. The molecule has 3 fully saturated rings. The van der Waals surface area contributed by atoms with Crippen molar-refractivity contribution in [2.75, 3.05) is 88.9 Å². The van der Waals surface area contributed by atoms with Gasteiger partial charge in [0.25, 0.3) is 11.8 Å². The van der Waals surface area contributed by atoms with Crippen LogP contribution in [0, 0.1) is 11.3 Å². The maximum Gasteiger partial charge on any atom is 0.320 e. The SMILES string of the molecule is N#Cc1ccc(C(=O)Nc2cc(C(=O)N3CCCNCC3)ccc2N2CCCN(C(=O)N3CCOCC3)CC2)cc1. The van der Waals surface area contributed by atoms with Crippen LogP contribution in [0.15, 0.2) is 42.5 Å². The van der Waals surface area contributed by atoms with Crippen LogP contribution in [0.2, 0.25) is 0 Å². The van der Waals surface area contributed by atoms with E-state index >= 15 is 0 Å². The van der Waals surface area contributed by atoms with Crippen LogP contribution < -0.4 is 15.5 Å². The smallest absolute Gasteiger partial charge is 0.320 e. The highest BCUT2D eigenvalue weighted by Gasteiger charge is 2.27. The van der Waals surface area contributed by atoms with Gasteiger partial charge in [-0.05, 0) is 61.9 Å². The van der Waals surface area contributed by atoms with Crippen LogP contribution in [-0.2, 0) is 4.74 Å². The van der Waals surface area contributed by atoms with E-state index in [1.807, 2.05) is 26.8 Å². The molecular weight excluding hydrogens is 522 g/mol. The molecule has 0 bridgehead atoms. The van der Waals surface area contributed by atoms with Crippen LogP contribution in [0.5, 0.6) is 0 Å². The van der Waals surface area contributed by atoms with Crippen LogP contribution >= 0.6 is 0 Å².